The average Bonchev–Trinajstić information content (AvgIpc) is 2.73. The number of unbranched alkanes of at least 4 members (excludes halogenated alkanes) is 1. The number of benzene rings is 2. The summed E-state index contributed by atoms with van der Waals surface area (Å²) in [6.45, 7) is 6.87. The van der Waals surface area contributed by atoms with Crippen LogP contribution in [0.5, 0.6) is 0 Å². The van der Waals surface area contributed by atoms with Crippen molar-refractivity contribution in [2.24, 2.45) is 0 Å². The molecule has 0 spiro atoms. The van der Waals surface area contributed by atoms with Crippen LogP contribution in [0.4, 0.5) is 0 Å². The number of nitrogens with one attached hydrogen (secondary N) is 1. The van der Waals surface area contributed by atoms with Gasteiger partial charge in [-0.25, -0.2) is 0 Å². The Kier molecular flexibility index (Phi) is 10.7. The van der Waals surface area contributed by atoms with E-state index in [1.165, 1.54) is 11.8 Å². The molecular weight excluding hydrogens is 451 g/mol. The number of halogens is 2. The summed E-state index contributed by atoms with van der Waals surface area (Å²) in [4.78, 5) is 27.4. The summed E-state index contributed by atoms with van der Waals surface area (Å²) in [5, 5.41) is 4.12. The zero-order chi connectivity index (χ0) is 22.8. The standard InChI is InChI=1S/C24H30Cl2N2O2S/c1-4-5-12-27-24(30)18(3)28(14-19-9-6-8-17(2)13-19)23(29)16-31-15-20-21(25)10-7-11-22(20)26/h6-11,13,18H,4-5,12,14-16H2,1-3H3,(H,27,30)/t18-/m1/s1. The molecule has 0 saturated carbocycles. The van der Waals surface area contributed by atoms with E-state index in [-0.39, 0.29) is 17.6 Å². The highest BCUT2D eigenvalue weighted by Gasteiger charge is 2.26. The highest BCUT2D eigenvalue weighted by atomic mass is 35.5. The second-order valence-corrected chi connectivity index (χ2v) is 9.32. The number of carbonyl (C=O) groups excluding carboxylic acids is 2. The van der Waals surface area contributed by atoms with Gasteiger partial charge in [0.15, 0.2) is 0 Å². The number of thioether (sulfide) groups is 1. The van der Waals surface area contributed by atoms with E-state index in [2.05, 4.69) is 12.2 Å². The van der Waals surface area contributed by atoms with Gasteiger partial charge in [-0.2, -0.15) is 0 Å². The highest BCUT2D eigenvalue weighted by molar-refractivity contribution is 7.99. The van der Waals surface area contributed by atoms with Gasteiger partial charge in [0.1, 0.15) is 6.04 Å². The summed E-state index contributed by atoms with van der Waals surface area (Å²) >= 11 is 13.9. The van der Waals surface area contributed by atoms with Crippen molar-refractivity contribution < 1.29 is 9.59 Å². The molecule has 2 aromatic rings. The Morgan fingerprint density at radius 2 is 1.81 bits per heavy atom. The molecule has 7 heteroatoms. The van der Waals surface area contributed by atoms with Gasteiger partial charge in [0.2, 0.25) is 11.8 Å². The van der Waals surface area contributed by atoms with Crippen molar-refractivity contribution in [2.75, 3.05) is 12.3 Å². The topological polar surface area (TPSA) is 49.4 Å². The van der Waals surface area contributed by atoms with Crippen molar-refractivity contribution in [2.45, 2.75) is 52.0 Å². The molecule has 1 N–H and O–H groups in total. The van der Waals surface area contributed by atoms with E-state index >= 15 is 0 Å². The maximum Gasteiger partial charge on any atom is 0.242 e. The molecule has 0 fully saturated rings. The largest absolute Gasteiger partial charge is 0.354 e. The fourth-order valence-corrected chi connectivity index (χ4v) is 4.77. The summed E-state index contributed by atoms with van der Waals surface area (Å²) in [6.07, 6.45) is 1.92. The van der Waals surface area contributed by atoms with Crippen LogP contribution >= 0.6 is 35.0 Å². The van der Waals surface area contributed by atoms with Gasteiger partial charge in [0, 0.05) is 28.9 Å². The van der Waals surface area contributed by atoms with Crippen molar-refractivity contribution in [1.82, 2.24) is 10.2 Å². The predicted molar refractivity (Wildman–Crippen MR) is 132 cm³/mol. The van der Waals surface area contributed by atoms with Gasteiger partial charge in [-0.05, 0) is 43.5 Å². The minimum Gasteiger partial charge on any atom is -0.354 e. The lowest BCUT2D eigenvalue weighted by Crippen LogP contribution is -2.48. The zero-order valence-electron chi connectivity index (χ0n) is 18.3. The first-order chi connectivity index (χ1) is 14.8. The van der Waals surface area contributed by atoms with Crippen LogP contribution in [-0.2, 0) is 21.9 Å². The Labute approximate surface area is 199 Å². The third-order valence-electron chi connectivity index (χ3n) is 4.97. The smallest absolute Gasteiger partial charge is 0.242 e. The summed E-state index contributed by atoms with van der Waals surface area (Å²) in [7, 11) is 0. The molecule has 168 valence electrons. The summed E-state index contributed by atoms with van der Waals surface area (Å²) in [5.74, 6) is 0.543. The quantitative estimate of drug-likeness (QED) is 0.409. The summed E-state index contributed by atoms with van der Waals surface area (Å²) in [6, 6.07) is 12.8. The van der Waals surface area contributed by atoms with Crippen molar-refractivity contribution in [3.05, 3.63) is 69.2 Å². The SMILES string of the molecule is CCCCNC(=O)[C@@H](C)N(Cc1cccc(C)c1)C(=O)CSCc1c(Cl)cccc1Cl. The molecule has 0 unspecified atom stereocenters. The fourth-order valence-electron chi connectivity index (χ4n) is 3.12. The second-order valence-electron chi connectivity index (χ2n) is 7.52. The maximum atomic E-state index is 13.1. The third kappa shape index (κ3) is 8.06. The molecule has 0 aromatic heterocycles. The Bertz CT molecular complexity index is 871. The number of nitrogens with zero attached hydrogens (tertiary/aromatic N) is 1. The van der Waals surface area contributed by atoms with Crippen LogP contribution in [0.2, 0.25) is 10.0 Å². The third-order valence-corrected chi connectivity index (χ3v) is 6.62. The van der Waals surface area contributed by atoms with Crippen LogP contribution < -0.4 is 5.32 Å². The molecule has 4 nitrogen and oxygen atoms in total. The van der Waals surface area contributed by atoms with Gasteiger partial charge in [-0.15, -0.1) is 11.8 Å². The minimum atomic E-state index is -0.561. The van der Waals surface area contributed by atoms with Crippen LogP contribution in [0.15, 0.2) is 42.5 Å². The zero-order valence-corrected chi connectivity index (χ0v) is 20.6. The number of carbonyl (C=O) groups is 2. The van der Waals surface area contributed by atoms with Crippen LogP contribution in [-0.4, -0.2) is 35.1 Å². The molecular formula is C24H30Cl2N2O2S. The molecule has 2 amide bonds. The van der Waals surface area contributed by atoms with Crippen LogP contribution in [0, 0.1) is 6.92 Å². The van der Waals surface area contributed by atoms with Crippen LogP contribution in [0.25, 0.3) is 0 Å². The van der Waals surface area contributed by atoms with Gasteiger partial charge in [-0.1, -0.05) is 72.4 Å². The predicted octanol–water partition coefficient (Wildman–Crippen LogP) is 5.87. The first-order valence-corrected chi connectivity index (χ1v) is 12.4. The van der Waals surface area contributed by atoms with E-state index in [9.17, 15) is 9.59 Å². The molecule has 0 aliphatic heterocycles. The normalized spacial score (nSPS) is 11.8. The second kappa shape index (κ2) is 13.0. The highest BCUT2D eigenvalue weighted by Crippen LogP contribution is 2.28. The monoisotopic (exact) mass is 480 g/mol. The number of hydrogen-bond donors (Lipinski definition) is 1. The van der Waals surface area contributed by atoms with Crippen molar-refractivity contribution in [3.8, 4) is 0 Å². The van der Waals surface area contributed by atoms with E-state index in [0.717, 1.165) is 29.5 Å². The van der Waals surface area contributed by atoms with E-state index in [0.29, 0.717) is 28.9 Å². The van der Waals surface area contributed by atoms with Crippen molar-refractivity contribution in [3.63, 3.8) is 0 Å². The number of rotatable bonds is 11. The Morgan fingerprint density at radius 3 is 2.45 bits per heavy atom. The van der Waals surface area contributed by atoms with Gasteiger partial charge >= 0.3 is 0 Å². The van der Waals surface area contributed by atoms with Gasteiger partial charge < -0.3 is 10.2 Å². The molecule has 0 aliphatic carbocycles. The van der Waals surface area contributed by atoms with Gasteiger partial charge in [0.25, 0.3) is 0 Å². The van der Waals surface area contributed by atoms with E-state index in [1.54, 1.807) is 30.0 Å². The molecule has 2 aromatic carbocycles. The Balaban J connectivity index is 2.08. The summed E-state index contributed by atoms with van der Waals surface area (Å²) in [5.41, 5.74) is 2.94. The Morgan fingerprint density at radius 1 is 1.13 bits per heavy atom. The first-order valence-electron chi connectivity index (χ1n) is 10.5. The van der Waals surface area contributed by atoms with Gasteiger partial charge in [0.05, 0.1) is 5.75 Å². The molecule has 0 saturated heterocycles. The van der Waals surface area contributed by atoms with E-state index in [1.807, 2.05) is 31.2 Å². The number of amides is 2. The Hall–Kier alpha value is -1.69. The minimum absolute atomic E-state index is 0.0900. The summed E-state index contributed by atoms with van der Waals surface area (Å²) < 4.78 is 0. The average molecular weight is 481 g/mol. The first kappa shape index (κ1) is 25.6. The van der Waals surface area contributed by atoms with Crippen LogP contribution in [0.3, 0.4) is 0 Å². The lowest BCUT2D eigenvalue weighted by atomic mass is 10.1. The van der Waals surface area contributed by atoms with Gasteiger partial charge in [-0.3, -0.25) is 9.59 Å². The number of aryl methyl sites for hydroxylation is 1. The van der Waals surface area contributed by atoms with Crippen LogP contribution in [0.1, 0.15) is 43.4 Å². The molecule has 1 atom stereocenters. The van der Waals surface area contributed by atoms with Crippen molar-refractivity contribution in [1.29, 1.82) is 0 Å². The molecule has 2 rings (SSSR count). The van der Waals surface area contributed by atoms with Crippen molar-refractivity contribution >= 4 is 46.8 Å². The molecule has 0 radical (unpaired) electrons. The van der Waals surface area contributed by atoms with E-state index < -0.39 is 6.04 Å². The maximum absolute atomic E-state index is 13.1. The number of hydrogen-bond acceptors (Lipinski definition) is 3. The fraction of sp³-hybridized carbons (Fsp3) is 0.417. The molecule has 0 aliphatic rings. The lowest BCUT2D eigenvalue weighted by Gasteiger charge is -2.29. The molecule has 31 heavy (non-hydrogen) atoms. The molecule has 0 heterocycles. The molecule has 0 bridgehead atoms. The van der Waals surface area contributed by atoms with E-state index in [4.69, 9.17) is 23.2 Å². The lowest BCUT2D eigenvalue weighted by molar-refractivity contribution is -0.138.